The molecule has 3 amide bonds. The molecule has 5 heteroatoms. The van der Waals surface area contributed by atoms with Gasteiger partial charge in [0.2, 0.25) is 0 Å². The molecule has 1 spiro atoms. The zero-order valence-electron chi connectivity index (χ0n) is 8.30. The van der Waals surface area contributed by atoms with Gasteiger partial charge in [0.15, 0.2) is 0 Å². The number of amides is 3. The van der Waals surface area contributed by atoms with Crippen molar-refractivity contribution in [1.29, 1.82) is 0 Å². The number of urea groups is 1. The number of likely N-dealkylation sites (N-methyl/N-ethyl adjacent to an activating group) is 1. The van der Waals surface area contributed by atoms with E-state index < -0.39 is 5.54 Å². The number of nitrogens with zero attached hydrogens (tertiary/aromatic N) is 1. The summed E-state index contributed by atoms with van der Waals surface area (Å²) in [7, 11) is 1.53. The van der Waals surface area contributed by atoms with E-state index in [1.807, 2.05) is 0 Å². The molecule has 2 aliphatic heterocycles. The molecule has 2 heterocycles. The average molecular weight is 197 g/mol. The Kier molecular flexibility index (Phi) is 2.19. The molecule has 0 aromatic carbocycles. The Hall–Kier alpha value is -1.10. The van der Waals surface area contributed by atoms with Gasteiger partial charge < -0.3 is 10.6 Å². The molecule has 2 aliphatic rings. The molecule has 2 N–H and O–H groups in total. The Morgan fingerprint density at radius 1 is 1.29 bits per heavy atom. The van der Waals surface area contributed by atoms with Crippen LogP contribution in [0.1, 0.15) is 19.3 Å². The van der Waals surface area contributed by atoms with E-state index in [0.29, 0.717) is 6.42 Å². The van der Waals surface area contributed by atoms with Gasteiger partial charge in [-0.25, -0.2) is 4.79 Å². The minimum absolute atomic E-state index is 0.0776. The van der Waals surface area contributed by atoms with E-state index in [2.05, 4.69) is 10.6 Å². The lowest BCUT2D eigenvalue weighted by Gasteiger charge is -2.23. The van der Waals surface area contributed by atoms with E-state index in [-0.39, 0.29) is 11.9 Å². The fraction of sp³-hybridized carbons (Fsp3) is 0.778. The smallest absolute Gasteiger partial charge is 0.323 e. The van der Waals surface area contributed by atoms with Crippen molar-refractivity contribution < 1.29 is 9.59 Å². The quantitative estimate of drug-likeness (QED) is 0.523. The second kappa shape index (κ2) is 3.24. The van der Waals surface area contributed by atoms with Crippen LogP contribution in [-0.2, 0) is 4.79 Å². The van der Waals surface area contributed by atoms with Gasteiger partial charge in [-0.15, -0.1) is 0 Å². The van der Waals surface area contributed by atoms with Crippen LogP contribution in [0.3, 0.4) is 0 Å². The van der Waals surface area contributed by atoms with Gasteiger partial charge in [-0.3, -0.25) is 9.69 Å². The number of hydrogen-bond donors (Lipinski definition) is 2. The third-order valence-electron chi connectivity index (χ3n) is 3.05. The minimum atomic E-state index is -0.616. The van der Waals surface area contributed by atoms with Crippen molar-refractivity contribution >= 4 is 11.9 Å². The Labute approximate surface area is 82.8 Å². The molecule has 0 radical (unpaired) electrons. The lowest BCUT2D eigenvalue weighted by atomic mass is 9.91. The minimum Gasteiger partial charge on any atom is -0.323 e. The van der Waals surface area contributed by atoms with Gasteiger partial charge in [0, 0.05) is 7.05 Å². The summed E-state index contributed by atoms with van der Waals surface area (Å²) in [6.45, 7) is 1.72. The maximum absolute atomic E-state index is 11.9. The van der Waals surface area contributed by atoms with Crippen molar-refractivity contribution in [3.8, 4) is 0 Å². The number of hydrogen-bond acceptors (Lipinski definition) is 3. The van der Waals surface area contributed by atoms with Crippen molar-refractivity contribution in [2.24, 2.45) is 0 Å². The van der Waals surface area contributed by atoms with Crippen LogP contribution in [0.15, 0.2) is 0 Å². The van der Waals surface area contributed by atoms with E-state index in [4.69, 9.17) is 0 Å². The third kappa shape index (κ3) is 1.28. The van der Waals surface area contributed by atoms with E-state index in [9.17, 15) is 9.59 Å². The molecule has 2 saturated heterocycles. The maximum Gasteiger partial charge on any atom is 0.324 e. The molecule has 2 fully saturated rings. The predicted molar refractivity (Wildman–Crippen MR) is 50.8 cm³/mol. The molecule has 0 aromatic heterocycles. The summed E-state index contributed by atoms with van der Waals surface area (Å²) in [6, 6.07) is -0.267. The second-order valence-electron chi connectivity index (χ2n) is 3.98. The van der Waals surface area contributed by atoms with Gasteiger partial charge in [0.1, 0.15) is 5.54 Å². The molecule has 1 unspecified atom stereocenters. The topological polar surface area (TPSA) is 61.4 Å². The van der Waals surface area contributed by atoms with Gasteiger partial charge in [-0.05, 0) is 32.4 Å². The summed E-state index contributed by atoms with van der Waals surface area (Å²) < 4.78 is 0. The van der Waals surface area contributed by atoms with Gasteiger partial charge in [0.05, 0.1) is 0 Å². The highest BCUT2D eigenvalue weighted by molar-refractivity contribution is 6.06. The molecule has 14 heavy (non-hydrogen) atoms. The van der Waals surface area contributed by atoms with Gasteiger partial charge in [-0.2, -0.15) is 0 Å². The molecule has 78 valence electrons. The van der Waals surface area contributed by atoms with Crippen molar-refractivity contribution in [2.45, 2.75) is 24.8 Å². The van der Waals surface area contributed by atoms with Gasteiger partial charge >= 0.3 is 6.03 Å². The van der Waals surface area contributed by atoms with Crippen LogP contribution >= 0.6 is 0 Å². The van der Waals surface area contributed by atoms with Gasteiger partial charge in [-0.1, -0.05) is 0 Å². The average Bonchev–Trinajstić information content (AvgIpc) is 2.38. The lowest BCUT2D eigenvalue weighted by molar-refractivity contribution is -0.130. The summed E-state index contributed by atoms with van der Waals surface area (Å²) in [5.74, 6) is -0.0776. The predicted octanol–water partition coefficient (Wildman–Crippen LogP) is -0.320. The molecule has 0 bridgehead atoms. The molecular weight excluding hydrogens is 182 g/mol. The number of carbonyl (C=O) groups excluding carboxylic acids is 2. The highest BCUT2D eigenvalue weighted by atomic mass is 16.2. The number of rotatable bonds is 0. The Morgan fingerprint density at radius 2 is 2.07 bits per heavy atom. The Balaban J connectivity index is 2.22. The number of carbonyl (C=O) groups is 2. The zero-order chi connectivity index (χ0) is 10.2. The van der Waals surface area contributed by atoms with E-state index in [1.165, 1.54) is 11.9 Å². The first-order valence-corrected chi connectivity index (χ1v) is 4.97. The first-order valence-electron chi connectivity index (χ1n) is 4.97. The second-order valence-corrected chi connectivity index (χ2v) is 3.98. The summed E-state index contributed by atoms with van der Waals surface area (Å²) in [6.07, 6.45) is 2.37. The van der Waals surface area contributed by atoms with Crippen LogP contribution in [-0.4, -0.2) is 42.5 Å². The van der Waals surface area contributed by atoms with Crippen LogP contribution in [0.5, 0.6) is 0 Å². The standard InChI is InChI=1S/C9H15N3O2/c1-12-7(13)9(11-8(12)14)3-2-5-10-6-4-9/h10H,2-6H2,1H3,(H,11,14). The lowest BCUT2D eigenvalue weighted by Crippen LogP contribution is -2.47. The summed E-state index contributed by atoms with van der Waals surface area (Å²) in [4.78, 5) is 24.4. The van der Waals surface area contributed by atoms with Crippen molar-refractivity contribution in [3.63, 3.8) is 0 Å². The molecule has 1 atom stereocenters. The van der Waals surface area contributed by atoms with Crippen LogP contribution in [0.4, 0.5) is 4.79 Å². The van der Waals surface area contributed by atoms with E-state index >= 15 is 0 Å². The van der Waals surface area contributed by atoms with Crippen molar-refractivity contribution in [1.82, 2.24) is 15.5 Å². The number of imide groups is 1. The van der Waals surface area contributed by atoms with Gasteiger partial charge in [0.25, 0.3) is 5.91 Å². The largest absolute Gasteiger partial charge is 0.324 e. The maximum atomic E-state index is 11.9. The number of nitrogens with one attached hydrogen (secondary N) is 2. The highest BCUT2D eigenvalue weighted by Gasteiger charge is 2.49. The Morgan fingerprint density at radius 3 is 2.71 bits per heavy atom. The molecule has 0 aromatic rings. The van der Waals surface area contributed by atoms with E-state index in [1.54, 1.807) is 0 Å². The Bertz CT molecular complexity index is 269. The molecular formula is C9H15N3O2. The van der Waals surface area contributed by atoms with Crippen LogP contribution < -0.4 is 10.6 Å². The molecule has 5 nitrogen and oxygen atoms in total. The fourth-order valence-electron chi connectivity index (χ4n) is 2.16. The first-order chi connectivity index (χ1) is 6.66. The first kappa shape index (κ1) is 9.45. The summed E-state index contributed by atoms with van der Waals surface area (Å²) >= 11 is 0. The summed E-state index contributed by atoms with van der Waals surface area (Å²) in [5.41, 5.74) is -0.616. The van der Waals surface area contributed by atoms with Crippen molar-refractivity contribution in [2.75, 3.05) is 20.1 Å². The monoisotopic (exact) mass is 197 g/mol. The third-order valence-corrected chi connectivity index (χ3v) is 3.05. The highest BCUT2D eigenvalue weighted by Crippen LogP contribution is 2.26. The van der Waals surface area contributed by atoms with Crippen molar-refractivity contribution in [3.05, 3.63) is 0 Å². The normalized spacial score (nSPS) is 33.4. The molecule has 0 saturated carbocycles. The van der Waals surface area contributed by atoms with Crippen LogP contribution in [0.25, 0.3) is 0 Å². The molecule has 0 aliphatic carbocycles. The van der Waals surface area contributed by atoms with E-state index in [0.717, 1.165) is 25.9 Å². The molecule has 2 rings (SSSR count). The zero-order valence-corrected chi connectivity index (χ0v) is 8.30. The van der Waals surface area contributed by atoms with Crippen LogP contribution in [0, 0.1) is 0 Å². The fourth-order valence-corrected chi connectivity index (χ4v) is 2.16. The van der Waals surface area contributed by atoms with Crippen LogP contribution in [0.2, 0.25) is 0 Å². The SMILES string of the molecule is CN1C(=O)NC2(CCCNCC2)C1=O. The summed E-state index contributed by atoms with van der Waals surface area (Å²) in [5, 5.41) is 6.03.